The van der Waals surface area contributed by atoms with Gasteiger partial charge >= 0.3 is 0 Å². The summed E-state index contributed by atoms with van der Waals surface area (Å²) in [7, 11) is 0. The summed E-state index contributed by atoms with van der Waals surface area (Å²) < 4.78 is 0. The monoisotopic (exact) mass is 184 g/mol. The van der Waals surface area contributed by atoms with Gasteiger partial charge in [0, 0.05) is 6.04 Å². The van der Waals surface area contributed by atoms with E-state index < -0.39 is 0 Å². The Labute approximate surface area is 82.3 Å². The third-order valence-corrected chi connectivity index (χ3v) is 3.22. The zero-order valence-electron chi connectivity index (χ0n) is 9.05. The highest BCUT2D eigenvalue weighted by molar-refractivity contribution is 4.80. The molecule has 2 nitrogen and oxygen atoms in total. The number of hydrogen-bond donors (Lipinski definition) is 2. The second-order valence-electron chi connectivity index (χ2n) is 4.60. The first-order valence-corrected chi connectivity index (χ1v) is 5.67. The predicted molar refractivity (Wildman–Crippen MR) is 57.6 cm³/mol. The predicted octanol–water partition coefficient (Wildman–Crippen LogP) is 1.75. The van der Waals surface area contributed by atoms with Crippen LogP contribution in [0.2, 0.25) is 0 Å². The Morgan fingerprint density at radius 3 is 2.69 bits per heavy atom. The number of nitrogens with one attached hydrogen (secondary N) is 1. The number of nitrogens with two attached hydrogens (primary N) is 1. The van der Waals surface area contributed by atoms with Crippen LogP contribution in [0.4, 0.5) is 0 Å². The molecular formula is C11H24N2. The quantitative estimate of drug-likeness (QED) is 0.653. The molecule has 3 atom stereocenters. The van der Waals surface area contributed by atoms with E-state index in [4.69, 9.17) is 5.73 Å². The van der Waals surface area contributed by atoms with Gasteiger partial charge in [-0.05, 0) is 50.6 Å². The molecule has 13 heavy (non-hydrogen) atoms. The minimum Gasteiger partial charge on any atom is -0.330 e. The fourth-order valence-electron chi connectivity index (χ4n) is 2.36. The Kier molecular flexibility index (Phi) is 4.74. The first kappa shape index (κ1) is 11.0. The molecule has 0 spiro atoms. The molecule has 1 aliphatic carbocycles. The Morgan fingerprint density at radius 2 is 2.08 bits per heavy atom. The smallest absolute Gasteiger partial charge is 0.00928 e. The molecular weight excluding hydrogens is 160 g/mol. The van der Waals surface area contributed by atoms with Crippen molar-refractivity contribution in [2.24, 2.45) is 17.6 Å². The fourth-order valence-corrected chi connectivity index (χ4v) is 2.36. The van der Waals surface area contributed by atoms with Crippen LogP contribution in [0.3, 0.4) is 0 Å². The summed E-state index contributed by atoms with van der Waals surface area (Å²) in [5, 5.41) is 3.61. The van der Waals surface area contributed by atoms with Gasteiger partial charge in [0.15, 0.2) is 0 Å². The Morgan fingerprint density at radius 1 is 1.31 bits per heavy atom. The highest BCUT2D eigenvalue weighted by Gasteiger charge is 2.24. The molecule has 0 aromatic carbocycles. The average molecular weight is 184 g/mol. The highest BCUT2D eigenvalue weighted by atomic mass is 14.9. The maximum absolute atomic E-state index is 5.46. The van der Waals surface area contributed by atoms with Crippen molar-refractivity contribution in [2.75, 3.05) is 13.1 Å². The van der Waals surface area contributed by atoms with E-state index in [-0.39, 0.29) is 0 Å². The van der Waals surface area contributed by atoms with E-state index >= 15 is 0 Å². The van der Waals surface area contributed by atoms with Crippen LogP contribution >= 0.6 is 0 Å². The molecule has 0 saturated heterocycles. The minimum absolute atomic E-state index is 0.753. The molecule has 1 rings (SSSR count). The van der Waals surface area contributed by atoms with Crippen molar-refractivity contribution in [3.63, 3.8) is 0 Å². The summed E-state index contributed by atoms with van der Waals surface area (Å²) in [6, 6.07) is 0.753. The second kappa shape index (κ2) is 5.61. The maximum Gasteiger partial charge on any atom is 0.00928 e. The number of hydrogen-bond acceptors (Lipinski definition) is 2. The summed E-state index contributed by atoms with van der Waals surface area (Å²) in [6.45, 7) is 6.65. The van der Waals surface area contributed by atoms with Crippen molar-refractivity contribution in [3.05, 3.63) is 0 Å². The maximum atomic E-state index is 5.46. The van der Waals surface area contributed by atoms with E-state index in [0.717, 1.165) is 37.4 Å². The lowest BCUT2D eigenvalue weighted by Gasteiger charge is -2.33. The molecule has 1 fully saturated rings. The van der Waals surface area contributed by atoms with Gasteiger partial charge in [-0.15, -0.1) is 0 Å². The average Bonchev–Trinajstić information content (AvgIpc) is 2.09. The molecule has 1 saturated carbocycles. The zero-order chi connectivity index (χ0) is 9.68. The Bertz CT molecular complexity index is 136. The Balaban J connectivity index is 2.18. The van der Waals surface area contributed by atoms with Gasteiger partial charge in [0.2, 0.25) is 0 Å². The van der Waals surface area contributed by atoms with Crippen LogP contribution in [0.5, 0.6) is 0 Å². The molecule has 3 unspecified atom stereocenters. The van der Waals surface area contributed by atoms with E-state index in [1.165, 1.54) is 19.3 Å². The van der Waals surface area contributed by atoms with Gasteiger partial charge in [-0.3, -0.25) is 0 Å². The third kappa shape index (κ3) is 3.65. The lowest BCUT2D eigenvalue weighted by molar-refractivity contribution is 0.228. The molecule has 0 heterocycles. The van der Waals surface area contributed by atoms with Crippen molar-refractivity contribution < 1.29 is 0 Å². The van der Waals surface area contributed by atoms with Crippen molar-refractivity contribution >= 4 is 0 Å². The molecule has 3 N–H and O–H groups in total. The molecule has 78 valence electrons. The van der Waals surface area contributed by atoms with E-state index in [1.54, 1.807) is 0 Å². The summed E-state index contributed by atoms with van der Waals surface area (Å²) in [4.78, 5) is 0. The van der Waals surface area contributed by atoms with Crippen LogP contribution in [0.1, 0.15) is 39.5 Å². The lowest BCUT2D eigenvalue weighted by atomic mass is 9.80. The summed E-state index contributed by atoms with van der Waals surface area (Å²) in [5.74, 6) is 1.78. The topological polar surface area (TPSA) is 38.0 Å². The molecule has 0 aromatic rings. The molecule has 0 aromatic heterocycles. The van der Waals surface area contributed by atoms with Crippen LogP contribution in [0.25, 0.3) is 0 Å². The SMILES string of the molecule is CC1CCC(NCCCN)C(C)C1. The number of rotatable bonds is 4. The molecule has 0 aliphatic heterocycles. The van der Waals surface area contributed by atoms with Gasteiger partial charge in [0.05, 0.1) is 0 Å². The van der Waals surface area contributed by atoms with Crippen LogP contribution in [-0.2, 0) is 0 Å². The van der Waals surface area contributed by atoms with Crippen molar-refractivity contribution in [1.82, 2.24) is 5.32 Å². The molecule has 2 heteroatoms. The Hall–Kier alpha value is -0.0800. The first-order chi connectivity index (χ1) is 6.24. The second-order valence-corrected chi connectivity index (χ2v) is 4.60. The van der Waals surface area contributed by atoms with Crippen LogP contribution in [-0.4, -0.2) is 19.1 Å². The van der Waals surface area contributed by atoms with Gasteiger partial charge in [-0.1, -0.05) is 13.8 Å². The van der Waals surface area contributed by atoms with E-state index in [2.05, 4.69) is 19.2 Å². The van der Waals surface area contributed by atoms with Gasteiger partial charge < -0.3 is 11.1 Å². The fraction of sp³-hybridized carbons (Fsp3) is 1.00. The normalized spacial score (nSPS) is 34.8. The molecule has 0 bridgehead atoms. The highest BCUT2D eigenvalue weighted by Crippen LogP contribution is 2.28. The zero-order valence-corrected chi connectivity index (χ0v) is 9.05. The first-order valence-electron chi connectivity index (χ1n) is 5.67. The van der Waals surface area contributed by atoms with Crippen molar-refractivity contribution in [2.45, 2.75) is 45.6 Å². The van der Waals surface area contributed by atoms with Gasteiger partial charge in [-0.25, -0.2) is 0 Å². The van der Waals surface area contributed by atoms with Crippen LogP contribution in [0.15, 0.2) is 0 Å². The summed E-state index contributed by atoms with van der Waals surface area (Å²) >= 11 is 0. The third-order valence-electron chi connectivity index (χ3n) is 3.22. The largest absolute Gasteiger partial charge is 0.330 e. The van der Waals surface area contributed by atoms with Crippen molar-refractivity contribution in [3.8, 4) is 0 Å². The minimum atomic E-state index is 0.753. The van der Waals surface area contributed by atoms with E-state index in [9.17, 15) is 0 Å². The standard InChI is InChI=1S/C11H24N2/c1-9-4-5-11(10(2)8-9)13-7-3-6-12/h9-11,13H,3-8,12H2,1-2H3. The van der Waals surface area contributed by atoms with Crippen LogP contribution in [0, 0.1) is 11.8 Å². The summed E-state index contributed by atoms with van der Waals surface area (Å²) in [6.07, 6.45) is 5.25. The van der Waals surface area contributed by atoms with E-state index in [1.807, 2.05) is 0 Å². The molecule has 0 amide bonds. The van der Waals surface area contributed by atoms with Gasteiger partial charge in [-0.2, -0.15) is 0 Å². The van der Waals surface area contributed by atoms with Crippen LogP contribution < -0.4 is 11.1 Å². The van der Waals surface area contributed by atoms with Crippen molar-refractivity contribution in [1.29, 1.82) is 0 Å². The van der Waals surface area contributed by atoms with Gasteiger partial charge in [0.25, 0.3) is 0 Å². The molecule has 0 radical (unpaired) electrons. The lowest BCUT2D eigenvalue weighted by Crippen LogP contribution is -2.39. The van der Waals surface area contributed by atoms with Gasteiger partial charge in [0.1, 0.15) is 0 Å². The van der Waals surface area contributed by atoms with E-state index in [0.29, 0.717) is 0 Å². The summed E-state index contributed by atoms with van der Waals surface area (Å²) in [5.41, 5.74) is 5.46. The molecule has 1 aliphatic rings.